The first-order valence-corrected chi connectivity index (χ1v) is 8.82. The summed E-state index contributed by atoms with van der Waals surface area (Å²) in [6.45, 7) is 8.07. The van der Waals surface area contributed by atoms with E-state index in [1.165, 1.54) is 16.1 Å². The number of likely N-dealkylation sites (N-methyl/N-ethyl adjacent to an activating group) is 1. The molecular formula is C18H24N4S. The number of nitrogens with one attached hydrogen (secondary N) is 1. The first-order chi connectivity index (χ1) is 11.1. The molecular weight excluding hydrogens is 304 g/mol. The van der Waals surface area contributed by atoms with Gasteiger partial charge in [0.15, 0.2) is 4.96 Å². The van der Waals surface area contributed by atoms with Gasteiger partial charge in [0.2, 0.25) is 0 Å². The highest BCUT2D eigenvalue weighted by Gasteiger charge is 2.10. The van der Waals surface area contributed by atoms with Crippen LogP contribution in [0.2, 0.25) is 0 Å². The Balaban J connectivity index is 1.48. The van der Waals surface area contributed by atoms with Gasteiger partial charge in [-0.1, -0.05) is 30.3 Å². The van der Waals surface area contributed by atoms with E-state index in [4.69, 9.17) is 0 Å². The molecule has 1 aromatic carbocycles. The van der Waals surface area contributed by atoms with E-state index in [9.17, 15) is 0 Å². The van der Waals surface area contributed by atoms with E-state index in [0.29, 0.717) is 0 Å². The molecule has 23 heavy (non-hydrogen) atoms. The summed E-state index contributed by atoms with van der Waals surface area (Å²) in [5.41, 5.74) is 3.76. The van der Waals surface area contributed by atoms with Crippen LogP contribution < -0.4 is 5.32 Å². The van der Waals surface area contributed by atoms with E-state index in [2.05, 4.69) is 77.0 Å². The van der Waals surface area contributed by atoms with Crippen LogP contribution in [0.15, 0.2) is 36.5 Å². The minimum absolute atomic E-state index is 0.863. The lowest BCUT2D eigenvalue weighted by atomic mass is 10.2. The molecule has 1 N–H and O–H groups in total. The highest BCUT2D eigenvalue weighted by molar-refractivity contribution is 7.17. The lowest BCUT2D eigenvalue weighted by molar-refractivity contribution is 0.324. The van der Waals surface area contributed by atoms with Gasteiger partial charge in [-0.15, -0.1) is 11.3 Å². The van der Waals surface area contributed by atoms with Crippen LogP contribution in [-0.2, 0) is 13.1 Å². The van der Waals surface area contributed by atoms with Gasteiger partial charge >= 0.3 is 0 Å². The minimum Gasteiger partial charge on any atom is -0.310 e. The van der Waals surface area contributed by atoms with Gasteiger partial charge in [-0.2, -0.15) is 0 Å². The molecule has 2 aromatic heterocycles. The predicted octanol–water partition coefficient (Wildman–Crippen LogP) is 3.23. The number of thiazole rings is 1. The van der Waals surface area contributed by atoms with Gasteiger partial charge in [0, 0.05) is 37.3 Å². The predicted molar refractivity (Wildman–Crippen MR) is 97.0 cm³/mol. The highest BCUT2D eigenvalue weighted by atomic mass is 32.1. The summed E-state index contributed by atoms with van der Waals surface area (Å²) in [6, 6.07) is 10.6. The highest BCUT2D eigenvalue weighted by Crippen LogP contribution is 2.20. The third kappa shape index (κ3) is 3.99. The summed E-state index contributed by atoms with van der Waals surface area (Å²) in [6.07, 6.45) is 2.18. The maximum Gasteiger partial charge on any atom is 0.194 e. The zero-order valence-electron chi connectivity index (χ0n) is 14.0. The minimum atomic E-state index is 0.863. The van der Waals surface area contributed by atoms with Crippen molar-refractivity contribution in [2.24, 2.45) is 0 Å². The Morgan fingerprint density at radius 3 is 2.78 bits per heavy atom. The largest absolute Gasteiger partial charge is 0.310 e. The molecule has 3 aromatic rings. The van der Waals surface area contributed by atoms with Crippen molar-refractivity contribution < 1.29 is 0 Å². The van der Waals surface area contributed by atoms with Gasteiger partial charge in [0.05, 0.1) is 11.4 Å². The second kappa shape index (κ2) is 7.25. The standard InChI is InChI=1S/C18H24N4S/c1-14-12-22-17(15(2)20-18(22)23-14)11-19-9-10-21(3)13-16-7-5-4-6-8-16/h4-8,12,19H,9-11,13H2,1-3H3. The quantitative estimate of drug-likeness (QED) is 0.676. The molecule has 3 rings (SSSR count). The first kappa shape index (κ1) is 16.2. The van der Waals surface area contributed by atoms with Crippen LogP contribution in [0.1, 0.15) is 21.8 Å². The molecule has 0 aliphatic heterocycles. The molecule has 0 radical (unpaired) electrons. The van der Waals surface area contributed by atoms with Crippen LogP contribution in [0.5, 0.6) is 0 Å². The van der Waals surface area contributed by atoms with E-state index < -0.39 is 0 Å². The van der Waals surface area contributed by atoms with E-state index in [0.717, 1.165) is 36.8 Å². The van der Waals surface area contributed by atoms with Crippen molar-refractivity contribution in [1.82, 2.24) is 19.6 Å². The lowest BCUT2D eigenvalue weighted by Crippen LogP contribution is -2.29. The first-order valence-electron chi connectivity index (χ1n) is 8.00. The van der Waals surface area contributed by atoms with Crippen LogP contribution in [0.3, 0.4) is 0 Å². The molecule has 0 spiro atoms. The molecule has 0 aliphatic carbocycles. The summed E-state index contributed by atoms with van der Waals surface area (Å²) in [4.78, 5) is 9.38. The molecule has 2 heterocycles. The lowest BCUT2D eigenvalue weighted by Gasteiger charge is -2.17. The zero-order chi connectivity index (χ0) is 16.2. The summed E-state index contributed by atoms with van der Waals surface area (Å²) in [7, 11) is 2.17. The van der Waals surface area contributed by atoms with Gasteiger partial charge < -0.3 is 10.2 Å². The maximum absolute atomic E-state index is 4.63. The summed E-state index contributed by atoms with van der Waals surface area (Å²) < 4.78 is 2.22. The Morgan fingerprint density at radius 1 is 1.22 bits per heavy atom. The molecule has 0 atom stereocenters. The monoisotopic (exact) mass is 328 g/mol. The molecule has 0 unspecified atom stereocenters. The van der Waals surface area contributed by atoms with Crippen molar-refractivity contribution in [3.63, 3.8) is 0 Å². The van der Waals surface area contributed by atoms with Gasteiger partial charge in [0.25, 0.3) is 0 Å². The van der Waals surface area contributed by atoms with Gasteiger partial charge in [-0.3, -0.25) is 4.40 Å². The number of hydrogen-bond donors (Lipinski definition) is 1. The Kier molecular flexibility index (Phi) is 5.10. The van der Waals surface area contributed by atoms with Crippen molar-refractivity contribution in [2.45, 2.75) is 26.9 Å². The normalized spacial score (nSPS) is 11.7. The number of aryl methyl sites for hydroxylation is 2. The molecule has 4 nitrogen and oxygen atoms in total. The molecule has 122 valence electrons. The van der Waals surface area contributed by atoms with Crippen LogP contribution >= 0.6 is 11.3 Å². The van der Waals surface area contributed by atoms with E-state index in [1.54, 1.807) is 11.3 Å². The SMILES string of the molecule is Cc1cn2c(CNCCN(C)Cc3ccccc3)c(C)nc2s1. The Hall–Kier alpha value is -1.69. The average molecular weight is 328 g/mol. The fourth-order valence-electron chi connectivity index (χ4n) is 2.77. The van der Waals surface area contributed by atoms with Crippen molar-refractivity contribution in [2.75, 3.05) is 20.1 Å². The Morgan fingerprint density at radius 2 is 2.00 bits per heavy atom. The third-order valence-corrected chi connectivity index (χ3v) is 4.90. The van der Waals surface area contributed by atoms with Crippen LogP contribution in [0.4, 0.5) is 0 Å². The van der Waals surface area contributed by atoms with Crippen LogP contribution in [0, 0.1) is 13.8 Å². The number of hydrogen-bond acceptors (Lipinski definition) is 4. The molecule has 0 bridgehead atoms. The summed E-state index contributed by atoms with van der Waals surface area (Å²) >= 11 is 1.75. The second-order valence-corrected chi connectivity index (χ2v) is 7.25. The summed E-state index contributed by atoms with van der Waals surface area (Å²) in [5, 5.41) is 3.55. The van der Waals surface area contributed by atoms with E-state index in [1.807, 2.05) is 0 Å². The van der Waals surface area contributed by atoms with Crippen molar-refractivity contribution >= 4 is 16.3 Å². The Labute approximate surface area is 141 Å². The number of fused-ring (bicyclic) bond motifs is 1. The van der Waals surface area contributed by atoms with Crippen molar-refractivity contribution in [1.29, 1.82) is 0 Å². The van der Waals surface area contributed by atoms with Crippen molar-refractivity contribution in [3.8, 4) is 0 Å². The van der Waals surface area contributed by atoms with Gasteiger partial charge in [-0.25, -0.2) is 4.98 Å². The zero-order valence-corrected chi connectivity index (χ0v) is 14.9. The van der Waals surface area contributed by atoms with E-state index in [-0.39, 0.29) is 0 Å². The van der Waals surface area contributed by atoms with Crippen LogP contribution in [-0.4, -0.2) is 34.4 Å². The van der Waals surface area contributed by atoms with Crippen LogP contribution in [0.25, 0.3) is 4.96 Å². The molecule has 5 heteroatoms. The average Bonchev–Trinajstić information content (AvgIpc) is 3.00. The maximum atomic E-state index is 4.63. The smallest absolute Gasteiger partial charge is 0.194 e. The number of nitrogens with zero attached hydrogens (tertiary/aromatic N) is 3. The third-order valence-electron chi connectivity index (χ3n) is 4.00. The molecule has 0 amide bonds. The number of benzene rings is 1. The second-order valence-electron chi connectivity index (χ2n) is 6.04. The fraction of sp³-hybridized carbons (Fsp3) is 0.389. The topological polar surface area (TPSA) is 32.6 Å². The molecule has 0 fully saturated rings. The van der Waals surface area contributed by atoms with Gasteiger partial charge in [0.1, 0.15) is 0 Å². The molecule has 0 aliphatic rings. The molecule has 0 saturated heterocycles. The number of rotatable bonds is 7. The number of imidazole rings is 1. The fourth-order valence-corrected chi connectivity index (χ4v) is 3.66. The number of aromatic nitrogens is 2. The van der Waals surface area contributed by atoms with E-state index >= 15 is 0 Å². The van der Waals surface area contributed by atoms with Gasteiger partial charge in [-0.05, 0) is 26.5 Å². The Bertz CT molecular complexity index is 760. The van der Waals surface area contributed by atoms with Crippen molar-refractivity contribution in [3.05, 3.63) is 58.4 Å². The molecule has 0 saturated carbocycles. The summed E-state index contributed by atoms with van der Waals surface area (Å²) in [5.74, 6) is 0.